The summed E-state index contributed by atoms with van der Waals surface area (Å²) in [6.07, 6.45) is 5.56. The van der Waals surface area contributed by atoms with E-state index in [0.29, 0.717) is 31.7 Å². The minimum absolute atomic E-state index is 0.00647. The average Bonchev–Trinajstić information content (AvgIpc) is 3.11. The smallest absolute Gasteiger partial charge is 0.274 e. The maximum atomic E-state index is 13.0. The fraction of sp³-hybridized carbons (Fsp3) is 0.458. The van der Waals surface area contributed by atoms with Crippen LogP contribution in [0.2, 0.25) is 0 Å². The molecule has 1 N–H and O–H groups in total. The summed E-state index contributed by atoms with van der Waals surface area (Å²) in [4.78, 5) is 40.3. The molecule has 0 radical (unpaired) electrons. The van der Waals surface area contributed by atoms with Crippen molar-refractivity contribution in [2.24, 2.45) is 7.05 Å². The molecule has 1 aromatic heterocycles. The van der Waals surface area contributed by atoms with Crippen LogP contribution in [0, 0.1) is 0 Å². The summed E-state index contributed by atoms with van der Waals surface area (Å²) in [5, 5.41) is 2.58. The molecule has 1 aromatic carbocycles. The number of rotatable bonds is 7. The SMILES string of the molecule is CCN(CC)S(=O)(=O)c1ccc(C(=O)Nc2cc(C(=O)N3CCCCCC3)cn(C)c2=O)cc1. The van der Waals surface area contributed by atoms with Crippen LogP contribution in [0.5, 0.6) is 0 Å². The fourth-order valence-corrected chi connectivity index (χ4v) is 5.52. The first kappa shape index (κ1) is 25.6. The lowest BCUT2D eigenvalue weighted by Gasteiger charge is -2.21. The first-order chi connectivity index (χ1) is 16.2. The number of hydrogen-bond acceptors (Lipinski definition) is 5. The van der Waals surface area contributed by atoms with Crippen LogP contribution in [0.1, 0.15) is 60.2 Å². The average molecular weight is 489 g/mol. The highest BCUT2D eigenvalue weighted by Crippen LogP contribution is 2.18. The molecule has 0 spiro atoms. The predicted octanol–water partition coefficient (Wildman–Crippen LogP) is 2.68. The van der Waals surface area contributed by atoms with Crippen molar-refractivity contribution in [2.45, 2.75) is 44.4 Å². The Balaban J connectivity index is 1.82. The van der Waals surface area contributed by atoms with Gasteiger partial charge >= 0.3 is 0 Å². The van der Waals surface area contributed by atoms with Gasteiger partial charge in [0.2, 0.25) is 10.0 Å². The number of pyridine rings is 1. The lowest BCUT2D eigenvalue weighted by molar-refractivity contribution is 0.0760. The molecule has 1 fully saturated rings. The summed E-state index contributed by atoms with van der Waals surface area (Å²) in [5.41, 5.74) is 0.0827. The molecule has 0 atom stereocenters. The van der Waals surface area contributed by atoms with Gasteiger partial charge in [0, 0.05) is 45.0 Å². The molecule has 1 aliphatic rings. The largest absolute Gasteiger partial charge is 0.339 e. The number of nitrogens with zero attached hydrogens (tertiary/aromatic N) is 3. The number of hydrogen-bond donors (Lipinski definition) is 1. The summed E-state index contributed by atoms with van der Waals surface area (Å²) in [5.74, 6) is -0.734. The highest BCUT2D eigenvalue weighted by Gasteiger charge is 2.23. The minimum Gasteiger partial charge on any atom is -0.339 e. The number of aromatic nitrogens is 1. The van der Waals surface area contributed by atoms with Gasteiger partial charge in [-0.25, -0.2) is 8.42 Å². The molecule has 2 aromatic rings. The minimum atomic E-state index is -3.64. The van der Waals surface area contributed by atoms with Gasteiger partial charge in [-0.3, -0.25) is 14.4 Å². The fourth-order valence-electron chi connectivity index (χ4n) is 4.06. The first-order valence-electron chi connectivity index (χ1n) is 11.6. The van der Waals surface area contributed by atoms with E-state index >= 15 is 0 Å². The third-order valence-electron chi connectivity index (χ3n) is 6.03. The Morgan fingerprint density at radius 2 is 1.56 bits per heavy atom. The van der Waals surface area contributed by atoms with E-state index in [-0.39, 0.29) is 22.1 Å². The van der Waals surface area contributed by atoms with Crippen LogP contribution in [0.25, 0.3) is 0 Å². The van der Waals surface area contributed by atoms with Crippen molar-refractivity contribution in [1.82, 2.24) is 13.8 Å². The van der Waals surface area contributed by atoms with E-state index in [0.717, 1.165) is 25.7 Å². The number of nitrogens with one attached hydrogen (secondary N) is 1. The predicted molar refractivity (Wildman–Crippen MR) is 131 cm³/mol. The van der Waals surface area contributed by atoms with E-state index in [1.54, 1.807) is 18.7 Å². The highest BCUT2D eigenvalue weighted by atomic mass is 32.2. The number of carbonyl (C=O) groups is 2. The topological polar surface area (TPSA) is 109 Å². The van der Waals surface area contributed by atoms with Gasteiger partial charge in [0.25, 0.3) is 17.4 Å². The van der Waals surface area contributed by atoms with Crippen LogP contribution in [0.4, 0.5) is 5.69 Å². The maximum Gasteiger partial charge on any atom is 0.274 e. The summed E-state index contributed by atoms with van der Waals surface area (Å²) in [6.45, 7) is 5.55. The third kappa shape index (κ3) is 5.56. The number of amides is 2. The van der Waals surface area contributed by atoms with Crippen molar-refractivity contribution < 1.29 is 18.0 Å². The summed E-state index contributed by atoms with van der Waals surface area (Å²) >= 11 is 0. The second kappa shape index (κ2) is 11.0. The molecule has 0 bridgehead atoms. The van der Waals surface area contributed by atoms with Crippen molar-refractivity contribution in [3.05, 3.63) is 58.0 Å². The van der Waals surface area contributed by atoms with Crippen LogP contribution >= 0.6 is 0 Å². The van der Waals surface area contributed by atoms with E-state index in [4.69, 9.17) is 0 Å². The number of likely N-dealkylation sites (tertiary alicyclic amines) is 1. The molecule has 1 saturated heterocycles. The van der Waals surface area contributed by atoms with Gasteiger partial charge in [0.15, 0.2) is 0 Å². The summed E-state index contributed by atoms with van der Waals surface area (Å²) in [7, 11) is -2.11. The van der Waals surface area contributed by atoms with Crippen LogP contribution in [0.15, 0.2) is 46.2 Å². The van der Waals surface area contributed by atoms with Crippen LogP contribution in [-0.2, 0) is 17.1 Å². The van der Waals surface area contributed by atoms with Crippen molar-refractivity contribution in [1.29, 1.82) is 0 Å². The Morgan fingerprint density at radius 1 is 0.971 bits per heavy atom. The Kier molecular flexibility index (Phi) is 8.27. The number of sulfonamides is 1. The molecule has 34 heavy (non-hydrogen) atoms. The molecular formula is C24H32N4O5S. The Morgan fingerprint density at radius 3 is 2.12 bits per heavy atom. The zero-order valence-electron chi connectivity index (χ0n) is 19.9. The van der Waals surface area contributed by atoms with Gasteiger partial charge in [-0.15, -0.1) is 0 Å². The van der Waals surface area contributed by atoms with Crippen LogP contribution in [-0.4, -0.2) is 60.2 Å². The molecule has 184 valence electrons. The number of anilines is 1. The van der Waals surface area contributed by atoms with Crippen molar-refractivity contribution in [3.63, 3.8) is 0 Å². The first-order valence-corrected chi connectivity index (χ1v) is 13.0. The summed E-state index contributed by atoms with van der Waals surface area (Å²) < 4.78 is 27.9. The standard InChI is InChI=1S/C24H32N4O5S/c1-4-28(5-2)34(32,33)20-12-10-18(11-13-20)22(29)25-21-16-19(17-26(3)24(21)31)23(30)27-14-8-6-7-9-15-27/h10-13,16-17H,4-9,14-15H2,1-3H3,(H,25,29). The molecule has 0 saturated carbocycles. The van der Waals surface area contributed by atoms with Crippen molar-refractivity contribution >= 4 is 27.5 Å². The number of aryl methyl sites for hydroxylation is 1. The van der Waals surface area contributed by atoms with Crippen LogP contribution < -0.4 is 10.9 Å². The molecule has 3 rings (SSSR count). The highest BCUT2D eigenvalue weighted by molar-refractivity contribution is 7.89. The van der Waals surface area contributed by atoms with E-state index in [1.165, 1.54) is 52.4 Å². The maximum absolute atomic E-state index is 13.0. The molecule has 9 nitrogen and oxygen atoms in total. The van der Waals surface area contributed by atoms with E-state index in [1.807, 2.05) is 0 Å². The van der Waals surface area contributed by atoms with Gasteiger partial charge < -0.3 is 14.8 Å². The third-order valence-corrected chi connectivity index (χ3v) is 8.10. The van der Waals surface area contributed by atoms with E-state index in [2.05, 4.69) is 5.32 Å². The second-order valence-corrected chi connectivity index (χ2v) is 10.3. The molecule has 2 amide bonds. The normalized spacial score (nSPS) is 14.6. The molecule has 1 aliphatic heterocycles. The van der Waals surface area contributed by atoms with Gasteiger partial charge in [0.1, 0.15) is 5.69 Å². The molecule has 10 heteroatoms. The number of benzene rings is 1. The Bertz CT molecular complexity index is 1190. The lowest BCUT2D eigenvalue weighted by Crippen LogP contribution is -2.33. The Hall–Kier alpha value is -2.98. The van der Waals surface area contributed by atoms with Gasteiger partial charge in [-0.2, -0.15) is 4.31 Å². The molecule has 0 aliphatic carbocycles. The van der Waals surface area contributed by atoms with Gasteiger partial charge in [-0.05, 0) is 43.2 Å². The van der Waals surface area contributed by atoms with Crippen molar-refractivity contribution in [2.75, 3.05) is 31.5 Å². The summed E-state index contributed by atoms with van der Waals surface area (Å²) in [6, 6.07) is 6.97. The Labute approximate surface area is 200 Å². The van der Waals surface area contributed by atoms with Gasteiger partial charge in [-0.1, -0.05) is 26.7 Å². The van der Waals surface area contributed by atoms with Gasteiger partial charge in [0.05, 0.1) is 10.5 Å². The van der Waals surface area contributed by atoms with Crippen LogP contribution in [0.3, 0.4) is 0 Å². The second-order valence-electron chi connectivity index (χ2n) is 8.33. The van der Waals surface area contributed by atoms with E-state index < -0.39 is 21.5 Å². The lowest BCUT2D eigenvalue weighted by atomic mass is 10.2. The quantitative estimate of drug-likeness (QED) is 0.645. The van der Waals surface area contributed by atoms with Crippen molar-refractivity contribution in [3.8, 4) is 0 Å². The molecule has 0 unspecified atom stereocenters. The number of carbonyl (C=O) groups excluding carboxylic acids is 2. The molecular weight excluding hydrogens is 456 g/mol. The monoisotopic (exact) mass is 488 g/mol. The van der Waals surface area contributed by atoms with E-state index in [9.17, 15) is 22.8 Å². The molecule has 2 heterocycles. The zero-order valence-corrected chi connectivity index (χ0v) is 20.7. The zero-order chi connectivity index (χ0) is 24.9.